The van der Waals surface area contributed by atoms with Gasteiger partial charge >= 0.3 is 0 Å². The number of pyridine rings is 1. The normalized spacial score (nSPS) is 28.3. The monoisotopic (exact) mass is 519 g/mol. The van der Waals surface area contributed by atoms with Crippen LogP contribution in [0.25, 0.3) is 0 Å². The Morgan fingerprint density at radius 3 is 2.71 bits per heavy atom. The Kier molecular flexibility index (Phi) is 6.51. The van der Waals surface area contributed by atoms with Crippen molar-refractivity contribution >= 4 is 17.5 Å². The van der Waals surface area contributed by atoms with E-state index in [-0.39, 0.29) is 35.1 Å². The summed E-state index contributed by atoms with van der Waals surface area (Å²) in [6.07, 6.45) is 5.66. The fourth-order valence-electron chi connectivity index (χ4n) is 6.94. The third kappa shape index (κ3) is 4.73. The summed E-state index contributed by atoms with van der Waals surface area (Å²) in [7, 11) is 0. The van der Waals surface area contributed by atoms with Gasteiger partial charge in [-0.3, -0.25) is 19.5 Å². The Labute approximate surface area is 224 Å². The lowest BCUT2D eigenvalue weighted by molar-refractivity contribution is -0.135. The van der Waals surface area contributed by atoms with Gasteiger partial charge in [-0.25, -0.2) is 4.39 Å². The van der Waals surface area contributed by atoms with Crippen LogP contribution in [0.2, 0.25) is 0 Å². The molecule has 1 N–H and O–H groups in total. The zero-order valence-electron chi connectivity index (χ0n) is 22.6. The predicted octanol–water partition coefficient (Wildman–Crippen LogP) is 3.11. The molecule has 7 nitrogen and oxygen atoms in total. The summed E-state index contributed by atoms with van der Waals surface area (Å²) in [4.78, 5) is 37.8. The van der Waals surface area contributed by atoms with Gasteiger partial charge in [-0.05, 0) is 61.9 Å². The molecular weight excluding hydrogens is 481 g/mol. The van der Waals surface area contributed by atoms with Gasteiger partial charge < -0.3 is 15.1 Å². The summed E-state index contributed by atoms with van der Waals surface area (Å²) in [5, 5.41) is 3.56. The standard InChI is InChI=1S/C30H38FN5O2/c1-19-15-34(25(14-32-19)16-35-24-9-6-22(12-24)29(35)38)17-27(37)36-18-30(2,3)28-26(36)11-21(13-33-28)10-20-4-7-23(31)8-5-20/h4-5,7-8,11,13,19,22,24-25,32H,6,9-10,12,14-18H2,1-3H3/t19-,22?,24+,25-/m1/s1. The number of nitrogens with zero attached hydrogens (tertiary/aromatic N) is 4. The molecule has 2 saturated heterocycles. The van der Waals surface area contributed by atoms with Gasteiger partial charge in [-0.2, -0.15) is 0 Å². The highest BCUT2D eigenvalue weighted by molar-refractivity contribution is 5.97. The Morgan fingerprint density at radius 1 is 1.18 bits per heavy atom. The molecule has 1 aromatic heterocycles. The highest BCUT2D eigenvalue weighted by Crippen LogP contribution is 2.40. The third-order valence-electron chi connectivity index (χ3n) is 8.98. The number of halogens is 1. The first-order valence-corrected chi connectivity index (χ1v) is 14.0. The van der Waals surface area contributed by atoms with Crippen LogP contribution >= 0.6 is 0 Å². The summed E-state index contributed by atoms with van der Waals surface area (Å²) in [5.41, 5.74) is 3.59. The number of rotatable bonds is 6. The molecule has 202 valence electrons. The van der Waals surface area contributed by atoms with E-state index in [9.17, 15) is 14.0 Å². The van der Waals surface area contributed by atoms with Crippen molar-refractivity contribution in [2.45, 2.75) is 70.0 Å². The molecule has 3 aliphatic heterocycles. The van der Waals surface area contributed by atoms with E-state index in [4.69, 9.17) is 4.98 Å². The molecule has 1 aromatic carbocycles. The van der Waals surface area contributed by atoms with Crippen LogP contribution in [0.5, 0.6) is 0 Å². The maximum Gasteiger partial charge on any atom is 0.241 e. The molecule has 1 aliphatic carbocycles. The van der Waals surface area contributed by atoms with E-state index < -0.39 is 0 Å². The van der Waals surface area contributed by atoms with Crippen molar-refractivity contribution in [2.75, 3.05) is 37.6 Å². The Hall–Kier alpha value is -2.84. The molecular formula is C30H38FN5O2. The van der Waals surface area contributed by atoms with Crippen LogP contribution in [-0.4, -0.2) is 77.4 Å². The number of hydrogen-bond donors (Lipinski definition) is 1. The van der Waals surface area contributed by atoms with E-state index in [1.54, 1.807) is 12.1 Å². The van der Waals surface area contributed by atoms with Crippen molar-refractivity contribution in [3.63, 3.8) is 0 Å². The first-order valence-electron chi connectivity index (χ1n) is 14.0. The van der Waals surface area contributed by atoms with Crippen LogP contribution in [0.4, 0.5) is 10.1 Å². The lowest BCUT2D eigenvalue weighted by Gasteiger charge is -2.42. The van der Waals surface area contributed by atoms with Gasteiger partial charge in [-0.1, -0.05) is 26.0 Å². The summed E-state index contributed by atoms with van der Waals surface area (Å²) in [6, 6.07) is 9.39. The van der Waals surface area contributed by atoms with Crippen molar-refractivity contribution in [3.05, 3.63) is 59.2 Å². The number of nitrogens with one attached hydrogen (secondary N) is 1. The molecule has 2 bridgehead atoms. The number of piperazine rings is 1. The molecule has 0 radical (unpaired) electrons. The van der Waals surface area contributed by atoms with E-state index >= 15 is 0 Å². The molecule has 4 aliphatic rings. The van der Waals surface area contributed by atoms with Crippen molar-refractivity contribution in [3.8, 4) is 0 Å². The Balaban J connectivity index is 1.19. The molecule has 4 atom stereocenters. The Morgan fingerprint density at radius 2 is 1.97 bits per heavy atom. The molecule has 38 heavy (non-hydrogen) atoms. The molecule has 2 aromatic rings. The van der Waals surface area contributed by atoms with Crippen LogP contribution < -0.4 is 10.2 Å². The van der Waals surface area contributed by atoms with Gasteiger partial charge in [0.2, 0.25) is 11.8 Å². The molecule has 8 heteroatoms. The number of benzene rings is 1. The van der Waals surface area contributed by atoms with Crippen LogP contribution in [0, 0.1) is 11.7 Å². The first-order chi connectivity index (χ1) is 18.2. The molecule has 0 spiro atoms. The van der Waals surface area contributed by atoms with Crippen molar-refractivity contribution in [1.29, 1.82) is 0 Å². The van der Waals surface area contributed by atoms with Crippen molar-refractivity contribution in [2.24, 2.45) is 5.92 Å². The summed E-state index contributed by atoms with van der Waals surface area (Å²) in [5.74, 6) is 0.346. The second kappa shape index (κ2) is 9.72. The number of amides is 2. The maximum atomic E-state index is 13.9. The Bertz CT molecular complexity index is 1230. The second-order valence-corrected chi connectivity index (χ2v) is 12.4. The van der Waals surface area contributed by atoms with Crippen LogP contribution in [0.15, 0.2) is 36.5 Å². The largest absolute Gasteiger partial charge is 0.338 e. The number of fused-ring (bicyclic) bond motifs is 3. The molecule has 1 saturated carbocycles. The van der Waals surface area contributed by atoms with Gasteiger partial charge in [0.1, 0.15) is 5.82 Å². The zero-order valence-corrected chi connectivity index (χ0v) is 22.6. The van der Waals surface area contributed by atoms with E-state index in [1.165, 1.54) is 12.1 Å². The van der Waals surface area contributed by atoms with E-state index in [0.29, 0.717) is 38.0 Å². The number of anilines is 1. The predicted molar refractivity (Wildman–Crippen MR) is 144 cm³/mol. The van der Waals surface area contributed by atoms with E-state index in [0.717, 1.165) is 54.9 Å². The highest BCUT2D eigenvalue weighted by Gasteiger charge is 2.46. The van der Waals surface area contributed by atoms with Crippen molar-refractivity contribution in [1.82, 2.24) is 20.1 Å². The minimum absolute atomic E-state index is 0.0749. The quantitative estimate of drug-likeness (QED) is 0.635. The van der Waals surface area contributed by atoms with Gasteiger partial charge in [0.15, 0.2) is 0 Å². The van der Waals surface area contributed by atoms with Crippen LogP contribution in [0.3, 0.4) is 0 Å². The fourth-order valence-corrected chi connectivity index (χ4v) is 6.94. The first kappa shape index (κ1) is 25.4. The van der Waals surface area contributed by atoms with Gasteiger partial charge in [-0.15, -0.1) is 0 Å². The number of aromatic nitrogens is 1. The maximum absolute atomic E-state index is 13.9. The topological polar surface area (TPSA) is 68.8 Å². The smallest absolute Gasteiger partial charge is 0.241 e. The molecule has 1 unspecified atom stereocenters. The molecule has 4 heterocycles. The summed E-state index contributed by atoms with van der Waals surface area (Å²) >= 11 is 0. The number of carbonyl (C=O) groups excluding carboxylic acids is 2. The van der Waals surface area contributed by atoms with E-state index in [1.807, 2.05) is 11.1 Å². The third-order valence-corrected chi connectivity index (χ3v) is 8.98. The number of carbonyl (C=O) groups is 2. The SMILES string of the molecule is C[C@@H]1CN(CC(=O)N2CC(C)(C)c3ncc(Cc4ccc(F)cc4)cc32)[C@@H](CN2C(=O)C3CC[C@H]2C3)CN1. The molecule has 6 rings (SSSR count). The zero-order chi connectivity index (χ0) is 26.6. The summed E-state index contributed by atoms with van der Waals surface area (Å²) in [6.45, 7) is 9.58. The van der Waals surface area contributed by atoms with Crippen LogP contribution in [0.1, 0.15) is 56.9 Å². The van der Waals surface area contributed by atoms with Crippen LogP contribution in [-0.2, 0) is 21.4 Å². The minimum Gasteiger partial charge on any atom is -0.338 e. The van der Waals surface area contributed by atoms with E-state index in [2.05, 4.69) is 42.0 Å². The average Bonchev–Trinajstić information content (AvgIpc) is 3.55. The van der Waals surface area contributed by atoms with Gasteiger partial charge in [0, 0.05) is 61.8 Å². The molecule has 3 fully saturated rings. The fraction of sp³-hybridized carbons (Fsp3) is 0.567. The minimum atomic E-state index is -0.249. The molecule has 2 amide bonds. The van der Waals surface area contributed by atoms with Gasteiger partial charge in [0.05, 0.1) is 17.9 Å². The number of piperidine rings is 1. The average molecular weight is 520 g/mol. The van der Waals surface area contributed by atoms with Gasteiger partial charge in [0.25, 0.3) is 0 Å². The number of hydrogen-bond acceptors (Lipinski definition) is 5. The lowest BCUT2D eigenvalue weighted by Crippen LogP contribution is -2.61. The lowest BCUT2D eigenvalue weighted by atomic mass is 9.91. The number of likely N-dealkylation sites (tertiary alicyclic amines) is 1. The highest BCUT2D eigenvalue weighted by atomic mass is 19.1. The van der Waals surface area contributed by atoms with Crippen molar-refractivity contribution < 1.29 is 14.0 Å². The summed E-state index contributed by atoms with van der Waals surface area (Å²) < 4.78 is 13.4. The second-order valence-electron chi connectivity index (χ2n) is 12.4.